The number of aromatic nitrogens is 1. The van der Waals surface area contributed by atoms with Crippen LogP contribution in [0.4, 0.5) is 0 Å². The predicted molar refractivity (Wildman–Crippen MR) is 110 cm³/mol. The number of nitrogens with one attached hydrogen (secondary N) is 2. The van der Waals surface area contributed by atoms with Gasteiger partial charge in [0.05, 0.1) is 17.7 Å². The van der Waals surface area contributed by atoms with Gasteiger partial charge < -0.3 is 15.7 Å². The Bertz CT molecular complexity index is 461. The minimum Gasteiger partial charge on any atom is -0.396 e. The van der Waals surface area contributed by atoms with E-state index in [9.17, 15) is 5.11 Å². The zero-order valence-electron chi connectivity index (χ0n) is 14.7. The average Bonchev–Trinajstić information content (AvgIpc) is 2.94. The molecule has 0 spiro atoms. The van der Waals surface area contributed by atoms with Crippen molar-refractivity contribution in [3.8, 4) is 0 Å². The Kier molecular flexibility index (Phi) is 11.8. The second kappa shape index (κ2) is 12.0. The second-order valence-electron chi connectivity index (χ2n) is 5.59. The van der Waals surface area contributed by atoms with Gasteiger partial charge >= 0.3 is 0 Å². The summed E-state index contributed by atoms with van der Waals surface area (Å²) in [5, 5.41) is 16.0. The molecule has 0 amide bonds. The quantitative estimate of drug-likeness (QED) is 0.304. The highest BCUT2D eigenvalue weighted by molar-refractivity contribution is 14.0. The molecule has 1 heterocycles. The number of aryl methyl sites for hydroxylation is 1. The summed E-state index contributed by atoms with van der Waals surface area (Å²) in [5.74, 6) is 0.833. The van der Waals surface area contributed by atoms with Crippen LogP contribution in [0.2, 0.25) is 0 Å². The molecule has 0 saturated heterocycles. The molecule has 3 N–H and O–H groups in total. The first-order valence-corrected chi connectivity index (χ1v) is 9.00. The third-order valence-electron chi connectivity index (χ3n) is 4.34. The minimum absolute atomic E-state index is 0. The molecule has 1 aromatic rings. The van der Waals surface area contributed by atoms with E-state index < -0.39 is 0 Å². The van der Waals surface area contributed by atoms with Crippen molar-refractivity contribution in [2.45, 2.75) is 53.5 Å². The largest absolute Gasteiger partial charge is 0.396 e. The zero-order valence-corrected chi connectivity index (χ0v) is 17.8. The molecular weight excluding hydrogens is 423 g/mol. The first-order chi connectivity index (χ1) is 10.6. The maximum Gasteiger partial charge on any atom is 0.191 e. The lowest BCUT2D eigenvalue weighted by molar-refractivity contribution is 0.169. The van der Waals surface area contributed by atoms with E-state index in [1.165, 1.54) is 4.88 Å². The molecule has 0 aliphatic carbocycles. The number of nitrogens with zero attached hydrogens (tertiary/aromatic N) is 2. The SMILES string of the molecule is CCNC(=NCc1scnc1C)NCC(CC)(CC)CCO.I. The standard InChI is InChI=1S/C16H30N4OS.HI/c1-5-16(6-2,8-9-21)11-19-15(17-7-3)18-10-14-13(4)20-12-22-14;/h12,21H,5-11H2,1-4H3,(H2,17,18,19);1H. The first kappa shape index (κ1) is 22.6. The fourth-order valence-corrected chi connectivity index (χ4v) is 3.12. The number of aliphatic hydroxyl groups excluding tert-OH is 1. The molecule has 0 aliphatic rings. The van der Waals surface area contributed by atoms with E-state index in [0.29, 0.717) is 6.54 Å². The average molecular weight is 454 g/mol. The summed E-state index contributed by atoms with van der Waals surface area (Å²) in [6.07, 6.45) is 2.91. The number of halogens is 1. The van der Waals surface area contributed by atoms with Crippen LogP contribution < -0.4 is 10.6 Å². The number of thiazole rings is 1. The van der Waals surface area contributed by atoms with Crippen LogP contribution in [0.15, 0.2) is 10.5 Å². The molecule has 0 atom stereocenters. The molecule has 1 aromatic heterocycles. The lowest BCUT2D eigenvalue weighted by Gasteiger charge is -2.32. The van der Waals surface area contributed by atoms with Crippen molar-refractivity contribution in [2.75, 3.05) is 19.7 Å². The van der Waals surface area contributed by atoms with E-state index in [2.05, 4.69) is 41.4 Å². The second-order valence-corrected chi connectivity index (χ2v) is 6.53. The Hall–Kier alpha value is -0.410. The van der Waals surface area contributed by atoms with E-state index in [1.54, 1.807) is 11.3 Å². The molecule has 1 rings (SSSR count). The van der Waals surface area contributed by atoms with Crippen molar-refractivity contribution in [2.24, 2.45) is 10.4 Å². The van der Waals surface area contributed by atoms with Crippen LogP contribution in [0, 0.1) is 12.3 Å². The van der Waals surface area contributed by atoms with Crippen LogP contribution in [0.3, 0.4) is 0 Å². The molecule has 5 nitrogen and oxygen atoms in total. The Balaban J connectivity index is 0.00000484. The van der Waals surface area contributed by atoms with E-state index in [1.807, 2.05) is 12.4 Å². The van der Waals surface area contributed by atoms with Crippen LogP contribution in [0.5, 0.6) is 0 Å². The molecule has 23 heavy (non-hydrogen) atoms. The van der Waals surface area contributed by atoms with Gasteiger partial charge in [-0.15, -0.1) is 35.3 Å². The van der Waals surface area contributed by atoms with Crippen LogP contribution in [-0.4, -0.2) is 35.7 Å². The van der Waals surface area contributed by atoms with Gasteiger partial charge in [0.15, 0.2) is 5.96 Å². The third kappa shape index (κ3) is 7.34. The lowest BCUT2D eigenvalue weighted by atomic mass is 9.79. The molecular formula is C16H31IN4OS. The maximum absolute atomic E-state index is 9.31. The predicted octanol–water partition coefficient (Wildman–Crippen LogP) is 3.31. The van der Waals surface area contributed by atoms with Gasteiger partial charge in [-0.05, 0) is 38.5 Å². The zero-order chi connectivity index (χ0) is 16.4. The summed E-state index contributed by atoms with van der Waals surface area (Å²) in [5.41, 5.74) is 3.05. The van der Waals surface area contributed by atoms with Gasteiger partial charge in [0.25, 0.3) is 0 Å². The number of aliphatic imine (C=N–C) groups is 1. The van der Waals surface area contributed by atoms with Crippen LogP contribution >= 0.6 is 35.3 Å². The van der Waals surface area contributed by atoms with Crippen LogP contribution in [0.25, 0.3) is 0 Å². The van der Waals surface area contributed by atoms with Gasteiger partial charge in [-0.1, -0.05) is 13.8 Å². The topological polar surface area (TPSA) is 69.5 Å². The Morgan fingerprint density at radius 3 is 2.48 bits per heavy atom. The highest BCUT2D eigenvalue weighted by Crippen LogP contribution is 2.29. The van der Waals surface area contributed by atoms with Gasteiger partial charge in [0.1, 0.15) is 0 Å². The van der Waals surface area contributed by atoms with E-state index in [0.717, 1.165) is 44.0 Å². The summed E-state index contributed by atoms with van der Waals surface area (Å²) < 4.78 is 0. The molecule has 0 aromatic carbocycles. The Morgan fingerprint density at radius 1 is 1.30 bits per heavy atom. The number of aliphatic hydroxyl groups is 1. The summed E-state index contributed by atoms with van der Waals surface area (Å²) in [7, 11) is 0. The van der Waals surface area contributed by atoms with Gasteiger partial charge in [0, 0.05) is 24.6 Å². The monoisotopic (exact) mass is 454 g/mol. The number of rotatable bonds is 9. The highest BCUT2D eigenvalue weighted by atomic mass is 127. The summed E-state index contributed by atoms with van der Waals surface area (Å²) in [4.78, 5) is 10.1. The smallest absolute Gasteiger partial charge is 0.191 e. The minimum atomic E-state index is 0. The van der Waals surface area contributed by atoms with Crippen molar-refractivity contribution >= 4 is 41.3 Å². The van der Waals surface area contributed by atoms with Gasteiger partial charge in [-0.3, -0.25) is 0 Å². The fourth-order valence-electron chi connectivity index (χ4n) is 2.42. The van der Waals surface area contributed by atoms with Crippen LogP contribution in [-0.2, 0) is 6.54 Å². The molecule has 134 valence electrons. The van der Waals surface area contributed by atoms with Crippen molar-refractivity contribution in [1.29, 1.82) is 0 Å². The highest BCUT2D eigenvalue weighted by Gasteiger charge is 2.25. The van der Waals surface area contributed by atoms with E-state index in [-0.39, 0.29) is 36.0 Å². The van der Waals surface area contributed by atoms with E-state index >= 15 is 0 Å². The molecule has 7 heteroatoms. The lowest BCUT2D eigenvalue weighted by Crippen LogP contribution is -2.43. The number of guanidine groups is 1. The first-order valence-electron chi connectivity index (χ1n) is 8.12. The molecule has 0 aliphatic heterocycles. The summed E-state index contributed by atoms with van der Waals surface area (Å²) in [6, 6.07) is 0. The van der Waals surface area contributed by atoms with Gasteiger partial charge in [-0.25, -0.2) is 9.98 Å². The molecule has 0 saturated carbocycles. The van der Waals surface area contributed by atoms with Crippen LogP contribution in [0.1, 0.15) is 50.6 Å². The molecule has 0 radical (unpaired) electrons. The molecule has 0 unspecified atom stereocenters. The van der Waals surface area contributed by atoms with Gasteiger partial charge in [-0.2, -0.15) is 0 Å². The molecule has 0 bridgehead atoms. The van der Waals surface area contributed by atoms with Crippen molar-refractivity contribution in [3.63, 3.8) is 0 Å². The maximum atomic E-state index is 9.31. The third-order valence-corrected chi connectivity index (χ3v) is 5.26. The number of hydrogen-bond donors (Lipinski definition) is 3. The van der Waals surface area contributed by atoms with Crippen molar-refractivity contribution in [3.05, 3.63) is 16.1 Å². The van der Waals surface area contributed by atoms with E-state index in [4.69, 9.17) is 0 Å². The Labute approximate surface area is 161 Å². The number of hydrogen-bond acceptors (Lipinski definition) is 4. The summed E-state index contributed by atoms with van der Waals surface area (Å²) in [6.45, 7) is 11.0. The molecule has 0 fully saturated rings. The van der Waals surface area contributed by atoms with Gasteiger partial charge in [0.2, 0.25) is 0 Å². The normalized spacial score (nSPS) is 12.0. The van der Waals surface area contributed by atoms with Crippen molar-refractivity contribution < 1.29 is 5.11 Å². The fraction of sp³-hybridized carbons (Fsp3) is 0.750. The Morgan fingerprint density at radius 2 is 2.00 bits per heavy atom. The summed E-state index contributed by atoms with van der Waals surface area (Å²) >= 11 is 1.64. The van der Waals surface area contributed by atoms with Crippen molar-refractivity contribution in [1.82, 2.24) is 15.6 Å².